The zero-order valence-corrected chi connectivity index (χ0v) is 16.0. The van der Waals surface area contributed by atoms with Crippen LogP contribution in [0, 0.1) is 30.1 Å². The topological polar surface area (TPSA) is 54.9 Å². The van der Waals surface area contributed by atoms with Crippen LogP contribution in [0.2, 0.25) is 0 Å². The smallest absolute Gasteiger partial charge is 0.226 e. The van der Waals surface area contributed by atoms with E-state index in [2.05, 4.69) is 34.6 Å². The average Bonchev–Trinajstić information content (AvgIpc) is 3.01. The van der Waals surface area contributed by atoms with Gasteiger partial charge < -0.3 is 5.32 Å². The van der Waals surface area contributed by atoms with E-state index in [4.69, 9.17) is 0 Å². The van der Waals surface area contributed by atoms with Gasteiger partial charge in [0.25, 0.3) is 0 Å². The van der Waals surface area contributed by atoms with E-state index in [9.17, 15) is 4.79 Å². The first-order valence-corrected chi connectivity index (χ1v) is 10.6. The van der Waals surface area contributed by atoms with E-state index in [0.29, 0.717) is 11.6 Å². The Kier molecular flexibility index (Phi) is 3.89. The van der Waals surface area contributed by atoms with Gasteiger partial charge in [-0.1, -0.05) is 35.1 Å². The number of aromatic nitrogens is 2. The summed E-state index contributed by atoms with van der Waals surface area (Å²) >= 11 is 1.46. The fraction of sp³-hybridized carbons (Fsp3) is 0.571. The SMILES string of the molecule is Cc1cccc(-c2nnc(NC(=O)CC34CC5CC(CC(C5)C3)C4)s2)c1. The van der Waals surface area contributed by atoms with Crippen LogP contribution >= 0.6 is 11.3 Å². The van der Waals surface area contributed by atoms with Crippen molar-refractivity contribution in [2.45, 2.75) is 51.9 Å². The lowest BCUT2D eigenvalue weighted by molar-refractivity contribution is -0.124. The first kappa shape index (κ1) is 16.4. The van der Waals surface area contributed by atoms with Crippen LogP contribution in [0.3, 0.4) is 0 Å². The standard InChI is InChI=1S/C21H25N3OS/c1-13-3-2-4-17(5-13)19-23-24-20(26-19)22-18(25)12-21-9-14-6-15(10-21)8-16(7-14)11-21/h2-5,14-16H,6-12H2,1H3,(H,22,24,25). The summed E-state index contributed by atoms with van der Waals surface area (Å²) in [5, 5.41) is 13.0. The number of amides is 1. The van der Waals surface area contributed by atoms with Crippen LogP contribution in [0.5, 0.6) is 0 Å². The van der Waals surface area contributed by atoms with Gasteiger partial charge in [0, 0.05) is 12.0 Å². The molecule has 0 radical (unpaired) electrons. The number of benzene rings is 1. The minimum atomic E-state index is 0.124. The number of nitrogens with zero attached hydrogens (tertiary/aromatic N) is 2. The van der Waals surface area contributed by atoms with Gasteiger partial charge >= 0.3 is 0 Å². The number of nitrogens with one attached hydrogen (secondary N) is 1. The van der Waals surface area contributed by atoms with E-state index in [-0.39, 0.29) is 11.3 Å². The Morgan fingerprint density at radius 2 is 1.85 bits per heavy atom. The van der Waals surface area contributed by atoms with Crippen molar-refractivity contribution in [3.05, 3.63) is 29.8 Å². The third kappa shape index (κ3) is 3.07. The molecule has 0 atom stereocenters. The number of carbonyl (C=O) groups is 1. The zero-order chi connectivity index (χ0) is 17.7. The van der Waals surface area contributed by atoms with E-state index in [0.717, 1.165) is 28.3 Å². The van der Waals surface area contributed by atoms with Crippen LogP contribution in [0.15, 0.2) is 24.3 Å². The van der Waals surface area contributed by atoms with Crippen molar-refractivity contribution < 1.29 is 4.79 Å². The summed E-state index contributed by atoms with van der Waals surface area (Å²) in [7, 11) is 0. The van der Waals surface area contributed by atoms with E-state index in [1.165, 1.54) is 55.4 Å². The first-order valence-electron chi connectivity index (χ1n) is 9.77. The summed E-state index contributed by atoms with van der Waals surface area (Å²) in [6, 6.07) is 8.23. The molecule has 6 rings (SSSR count). The lowest BCUT2D eigenvalue weighted by Crippen LogP contribution is -2.47. The van der Waals surface area contributed by atoms with Crippen LogP contribution in [-0.2, 0) is 4.79 Å². The predicted molar refractivity (Wildman–Crippen MR) is 104 cm³/mol. The van der Waals surface area contributed by atoms with Gasteiger partial charge in [-0.15, -0.1) is 10.2 Å². The molecule has 4 aliphatic carbocycles. The molecule has 0 spiro atoms. The fourth-order valence-corrected chi connectivity index (χ4v) is 6.94. The summed E-state index contributed by atoms with van der Waals surface area (Å²) in [6.45, 7) is 2.07. The number of aryl methyl sites for hydroxylation is 1. The van der Waals surface area contributed by atoms with Crippen LogP contribution in [0.1, 0.15) is 50.5 Å². The maximum atomic E-state index is 12.7. The van der Waals surface area contributed by atoms with Crippen LogP contribution < -0.4 is 5.32 Å². The molecule has 4 nitrogen and oxygen atoms in total. The molecule has 136 valence electrons. The Labute approximate surface area is 158 Å². The quantitative estimate of drug-likeness (QED) is 0.822. The molecule has 4 bridgehead atoms. The second-order valence-corrected chi connectivity index (χ2v) is 9.90. The minimum absolute atomic E-state index is 0.124. The second kappa shape index (κ2) is 6.15. The molecular weight excluding hydrogens is 342 g/mol. The molecule has 1 heterocycles. The van der Waals surface area contributed by atoms with Crippen molar-refractivity contribution in [1.29, 1.82) is 0 Å². The van der Waals surface area contributed by atoms with Gasteiger partial charge in [0.1, 0.15) is 5.01 Å². The molecule has 2 aromatic rings. The van der Waals surface area contributed by atoms with Crippen molar-refractivity contribution >= 4 is 22.4 Å². The normalized spacial score (nSPS) is 32.0. The third-order valence-corrected chi connectivity index (χ3v) is 7.52. The van der Waals surface area contributed by atoms with Crippen molar-refractivity contribution in [3.63, 3.8) is 0 Å². The zero-order valence-electron chi connectivity index (χ0n) is 15.2. The third-order valence-electron chi connectivity index (χ3n) is 6.64. The largest absolute Gasteiger partial charge is 0.301 e. The van der Waals surface area contributed by atoms with Crippen molar-refractivity contribution in [2.24, 2.45) is 23.2 Å². The Balaban J connectivity index is 1.27. The van der Waals surface area contributed by atoms with Gasteiger partial charge in [0.2, 0.25) is 11.0 Å². The highest BCUT2D eigenvalue weighted by Gasteiger charge is 2.51. The van der Waals surface area contributed by atoms with Gasteiger partial charge in [-0.3, -0.25) is 4.79 Å². The fourth-order valence-electron chi connectivity index (χ4n) is 6.18. The molecule has 1 amide bonds. The lowest BCUT2D eigenvalue weighted by Gasteiger charge is -2.56. The molecule has 0 saturated heterocycles. The van der Waals surface area contributed by atoms with Gasteiger partial charge in [-0.05, 0) is 74.7 Å². The van der Waals surface area contributed by atoms with Gasteiger partial charge in [-0.25, -0.2) is 0 Å². The number of hydrogen-bond donors (Lipinski definition) is 1. The molecule has 1 N–H and O–H groups in total. The number of anilines is 1. The molecule has 1 aromatic carbocycles. The maximum absolute atomic E-state index is 12.7. The summed E-state index contributed by atoms with van der Waals surface area (Å²) < 4.78 is 0. The highest BCUT2D eigenvalue weighted by Crippen LogP contribution is 2.61. The molecule has 5 heteroatoms. The van der Waals surface area contributed by atoms with Crippen LogP contribution in [0.25, 0.3) is 10.6 Å². The predicted octanol–water partition coefficient (Wildman–Crippen LogP) is 5.06. The Morgan fingerprint density at radius 3 is 2.50 bits per heavy atom. The minimum Gasteiger partial charge on any atom is -0.301 e. The van der Waals surface area contributed by atoms with E-state index < -0.39 is 0 Å². The number of rotatable bonds is 4. The second-order valence-electron chi connectivity index (χ2n) is 8.92. The number of carbonyl (C=O) groups excluding carboxylic acids is 1. The highest BCUT2D eigenvalue weighted by molar-refractivity contribution is 7.18. The van der Waals surface area contributed by atoms with Gasteiger partial charge in [0.05, 0.1) is 0 Å². The highest BCUT2D eigenvalue weighted by atomic mass is 32.1. The Morgan fingerprint density at radius 1 is 1.15 bits per heavy atom. The monoisotopic (exact) mass is 367 g/mol. The first-order chi connectivity index (χ1) is 12.6. The van der Waals surface area contributed by atoms with E-state index >= 15 is 0 Å². The molecule has 0 unspecified atom stereocenters. The summed E-state index contributed by atoms with van der Waals surface area (Å²) in [6.07, 6.45) is 8.69. The van der Waals surface area contributed by atoms with E-state index in [1.54, 1.807) is 0 Å². The molecule has 0 aliphatic heterocycles. The van der Waals surface area contributed by atoms with Crippen molar-refractivity contribution in [1.82, 2.24) is 10.2 Å². The Hall–Kier alpha value is -1.75. The van der Waals surface area contributed by atoms with Crippen LogP contribution in [-0.4, -0.2) is 16.1 Å². The lowest BCUT2D eigenvalue weighted by atomic mass is 9.49. The molecular formula is C21H25N3OS. The summed E-state index contributed by atoms with van der Waals surface area (Å²) in [5.74, 6) is 2.76. The molecule has 4 fully saturated rings. The summed E-state index contributed by atoms with van der Waals surface area (Å²) in [5.41, 5.74) is 2.53. The molecule has 1 aromatic heterocycles. The molecule has 26 heavy (non-hydrogen) atoms. The molecule has 4 saturated carbocycles. The maximum Gasteiger partial charge on any atom is 0.226 e. The summed E-state index contributed by atoms with van der Waals surface area (Å²) in [4.78, 5) is 12.7. The van der Waals surface area contributed by atoms with E-state index in [1.807, 2.05) is 12.1 Å². The van der Waals surface area contributed by atoms with Crippen molar-refractivity contribution in [2.75, 3.05) is 5.32 Å². The van der Waals surface area contributed by atoms with Crippen LogP contribution in [0.4, 0.5) is 5.13 Å². The van der Waals surface area contributed by atoms with Gasteiger partial charge in [-0.2, -0.15) is 0 Å². The Bertz CT molecular complexity index is 808. The number of hydrogen-bond acceptors (Lipinski definition) is 4. The average molecular weight is 368 g/mol. The van der Waals surface area contributed by atoms with Gasteiger partial charge in [0.15, 0.2) is 0 Å². The molecule has 4 aliphatic rings. The van der Waals surface area contributed by atoms with Crippen molar-refractivity contribution in [3.8, 4) is 10.6 Å².